The van der Waals surface area contributed by atoms with Gasteiger partial charge in [-0.15, -0.1) is 0 Å². The van der Waals surface area contributed by atoms with E-state index in [0.29, 0.717) is 5.92 Å². The van der Waals surface area contributed by atoms with Crippen LogP contribution in [0, 0.1) is 11.7 Å². The van der Waals surface area contributed by atoms with Crippen LogP contribution in [0.25, 0.3) is 0 Å². The Bertz CT molecular complexity index is 502. The van der Waals surface area contributed by atoms with Gasteiger partial charge in [-0.1, -0.05) is 34.8 Å². The molecule has 1 aromatic carbocycles. The molecule has 0 radical (unpaired) electrons. The third kappa shape index (κ3) is 3.17. The number of halogens is 2. The standard InChI is InChI=1S/C17H23BrFNO/c1-20-16(14-5-4-13(18)10-15(14)19)12-6-9-21-17(11-12)7-2-3-8-17/h4-5,10,12,16,20H,2-3,6-9,11H2,1H3. The largest absolute Gasteiger partial charge is 0.375 e. The Hall–Kier alpha value is -0.450. The van der Waals surface area contributed by atoms with Crippen molar-refractivity contribution in [2.24, 2.45) is 5.92 Å². The van der Waals surface area contributed by atoms with E-state index < -0.39 is 0 Å². The zero-order chi connectivity index (χ0) is 14.9. The van der Waals surface area contributed by atoms with E-state index in [0.717, 1.165) is 29.5 Å². The van der Waals surface area contributed by atoms with Gasteiger partial charge in [0.1, 0.15) is 5.82 Å². The van der Waals surface area contributed by atoms with Gasteiger partial charge in [0, 0.05) is 22.7 Å². The lowest BCUT2D eigenvalue weighted by Gasteiger charge is -2.41. The zero-order valence-corrected chi connectivity index (χ0v) is 14.1. The Balaban J connectivity index is 1.82. The van der Waals surface area contributed by atoms with E-state index in [9.17, 15) is 4.39 Å². The number of ether oxygens (including phenoxy) is 1. The van der Waals surface area contributed by atoms with Crippen molar-refractivity contribution in [1.82, 2.24) is 5.32 Å². The molecule has 1 spiro atoms. The Morgan fingerprint density at radius 3 is 2.81 bits per heavy atom. The first-order valence-electron chi connectivity index (χ1n) is 7.90. The molecular weight excluding hydrogens is 333 g/mol. The van der Waals surface area contributed by atoms with Crippen LogP contribution in [0.3, 0.4) is 0 Å². The molecule has 1 saturated carbocycles. The summed E-state index contributed by atoms with van der Waals surface area (Å²) in [7, 11) is 1.93. The number of nitrogens with one attached hydrogen (secondary N) is 1. The number of hydrogen-bond acceptors (Lipinski definition) is 2. The average molecular weight is 356 g/mol. The Labute approximate surface area is 134 Å². The first kappa shape index (κ1) is 15.4. The first-order valence-corrected chi connectivity index (χ1v) is 8.69. The van der Waals surface area contributed by atoms with Gasteiger partial charge in [0.25, 0.3) is 0 Å². The molecule has 2 unspecified atom stereocenters. The van der Waals surface area contributed by atoms with Gasteiger partial charge in [0.05, 0.1) is 5.60 Å². The molecule has 21 heavy (non-hydrogen) atoms. The molecule has 1 heterocycles. The van der Waals surface area contributed by atoms with E-state index in [-0.39, 0.29) is 17.5 Å². The van der Waals surface area contributed by atoms with E-state index >= 15 is 0 Å². The fraction of sp³-hybridized carbons (Fsp3) is 0.647. The molecule has 3 rings (SSSR count). The third-order valence-electron chi connectivity index (χ3n) is 5.13. The molecule has 1 aromatic rings. The lowest BCUT2D eigenvalue weighted by Crippen LogP contribution is -2.41. The molecule has 0 aromatic heterocycles. The van der Waals surface area contributed by atoms with Crippen molar-refractivity contribution >= 4 is 15.9 Å². The van der Waals surface area contributed by atoms with Gasteiger partial charge in [0.2, 0.25) is 0 Å². The fourth-order valence-electron chi connectivity index (χ4n) is 4.12. The SMILES string of the molecule is CNC(c1ccc(Br)cc1F)C1CCOC2(CCCC2)C1. The first-order chi connectivity index (χ1) is 10.1. The van der Waals surface area contributed by atoms with E-state index in [2.05, 4.69) is 21.2 Å². The molecule has 2 atom stereocenters. The van der Waals surface area contributed by atoms with E-state index in [4.69, 9.17) is 4.74 Å². The predicted molar refractivity (Wildman–Crippen MR) is 85.8 cm³/mol. The molecule has 2 nitrogen and oxygen atoms in total. The van der Waals surface area contributed by atoms with Crippen LogP contribution in [0.4, 0.5) is 4.39 Å². The van der Waals surface area contributed by atoms with Gasteiger partial charge in [-0.2, -0.15) is 0 Å². The smallest absolute Gasteiger partial charge is 0.129 e. The van der Waals surface area contributed by atoms with Crippen molar-refractivity contribution in [3.8, 4) is 0 Å². The van der Waals surface area contributed by atoms with Gasteiger partial charge in [-0.05, 0) is 50.8 Å². The molecule has 4 heteroatoms. The van der Waals surface area contributed by atoms with Crippen LogP contribution in [0.5, 0.6) is 0 Å². The summed E-state index contributed by atoms with van der Waals surface area (Å²) in [6.45, 7) is 0.807. The topological polar surface area (TPSA) is 21.3 Å². The Morgan fingerprint density at radius 2 is 2.14 bits per heavy atom. The minimum absolute atomic E-state index is 0.0690. The highest BCUT2D eigenvalue weighted by Gasteiger charge is 2.42. The molecule has 1 saturated heterocycles. The molecule has 0 amide bonds. The summed E-state index contributed by atoms with van der Waals surface area (Å²) in [5.74, 6) is 0.313. The van der Waals surface area contributed by atoms with Crippen LogP contribution >= 0.6 is 15.9 Å². The maximum absolute atomic E-state index is 14.3. The quantitative estimate of drug-likeness (QED) is 0.856. The van der Waals surface area contributed by atoms with E-state index in [1.165, 1.54) is 25.7 Å². The van der Waals surface area contributed by atoms with Gasteiger partial charge in [-0.3, -0.25) is 0 Å². The second-order valence-corrected chi connectivity index (χ2v) is 7.34. The van der Waals surface area contributed by atoms with E-state index in [1.807, 2.05) is 19.2 Å². The summed E-state index contributed by atoms with van der Waals surface area (Å²) in [6.07, 6.45) is 6.93. The summed E-state index contributed by atoms with van der Waals surface area (Å²) in [4.78, 5) is 0. The molecular formula is C17H23BrFNO. The predicted octanol–water partition coefficient (Wildman–Crippen LogP) is 4.59. The van der Waals surface area contributed by atoms with E-state index in [1.54, 1.807) is 6.07 Å². The number of rotatable bonds is 3. The summed E-state index contributed by atoms with van der Waals surface area (Å²) in [6, 6.07) is 5.45. The molecule has 2 fully saturated rings. The second-order valence-electron chi connectivity index (χ2n) is 6.42. The van der Waals surface area contributed by atoms with Crippen molar-refractivity contribution in [1.29, 1.82) is 0 Å². The van der Waals surface area contributed by atoms with Crippen LogP contribution in [-0.2, 0) is 4.74 Å². The fourth-order valence-corrected chi connectivity index (χ4v) is 4.45. The maximum atomic E-state index is 14.3. The molecule has 2 aliphatic rings. The van der Waals surface area contributed by atoms with Crippen molar-refractivity contribution < 1.29 is 9.13 Å². The van der Waals surface area contributed by atoms with Crippen LogP contribution in [0.1, 0.15) is 50.1 Å². The van der Waals surface area contributed by atoms with Crippen LogP contribution in [-0.4, -0.2) is 19.3 Å². The van der Waals surface area contributed by atoms with Crippen LogP contribution in [0.2, 0.25) is 0 Å². The highest BCUT2D eigenvalue weighted by Crippen LogP contribution is 2.45. The van der Waals surface area contributed by atoms with Crippen LogP contribution in [0.15, 0.2) is 22.7 Å². The van der Waals surface area contributed by atoms with Gasteiger partial charge in [0.15, 0.2) is 0 Å². The Morgan fingerprint density at radius 1 is 1.38 bits per heavy atom. The number of benzene rings is 1. The number of hydrogen-bond donors (Lipinski definition) is 1. The van der Waals surface area contributed by atoms with Crippen molar-refractivity contribution in [3.63, 3.8) is 0 Å². The molecule has 116 valence electrons. The van der Waals surface area contributed by atoms with Gasteiger partial charge < -0.3 is 10.1 Å². The average Bonchev–Trinajstić information content (AvgIpc) is 2.90. The summed E-state index contributed by atoms with van der Waals surface area (Å²) >= 11 is 3.33. The summed E-state index contributed by atoms with van der Waals surface area (Å²) < 4.78 is 21.2. The van der Waals surface area contributed by atoms with Crippen LogP contribution < -0.4 is 5.32 Å². The zero-order valence-electron chi connectivity index (χ0n) is 12.5. The minimum atomic E-state index is -0.129. The molecule has 0 bridgehead atoms. The highest BCUT2D eigenvalue weighted by molar-refractivity contribution is 9.10. The molecule has 1 N–H and O–H groups in total. The van der Waals surface area contributed by atoms with Gasteiger partial charge >= 0.3 is 0 Å². The summed E-state index contributed by atoms with van der Waals surface area (Å²) in [5, 5.41) is 3.34. The maximum Gasteiger partial charge on any atom is 0.129 e. The molecule has 1 aliphatic heterocycles. The second kappa shape index (κ2) is 6.35. The Kier molecular flexibility index (Phi) is 4.67. The van der Waals surface area contributed by atoms with Crippen molar-refractivity contribution in [2.75, 3.05) is 13.7 Å². The lowest BCUT2D eigenvalue weighted by atomic mass is 9.78. The van der Waals surface area contributed by atoms with Gasteiger partial charge in [-0.25, -0.2) is 4.39 Å². The lowest BCUT2D eigenvalue weighted by molar-refractivity contribution is -0.0980. The minimum Gasteiger partial charge on any atom is -0.375 e. The summed E-state index contributed by atoms with van der Waals surface area (Å²) in [5.41, 5.74) is 0.852. The monoisotopic (exact) mass is 355 g/mol. The van der Waals surface area contributed by atoms with Crippen molar-refractivity contribution in [3.05, 3.63) is 34.1 Å². The highest BCUT2D eigenvalue weighted by atomic mass is 79.9. The normalized spacial score (nSPS) is 26.1. The molecule has 1 aliphatic carbocycles. The van der Waals surface area contributed by atoms with Crippen molar-refractivity contribution in [2.45, 2.75) is 50.2 Å². The third-order valence-corrected chi connectivity index (χ3v) is 5.62.